The molecular weight excluding hydrogens is 434 g/mol. The van der Waals surface area contributed by atoms with E-state index in [1.54, 1.807) is 6.20 Å². The molecule has 3 aromatic rings. The van der Waals surface area contributed by atoms with Crippen LogP contribution in [0.4, 0.5) is 5.69 Å². The first-order chi connectivity index (χ1) is 17.1. The minimum Gasteiger partial charge on any atom is -0.320 e. The molecule has 1 N–H and O–H groups in total. The summed E-state index contributed by atoms with van der Waals surface area (Å²) in [7, 11) is 0. The van der Waals surface area contributed by atoms with E-state index in [1.807, 2.05) is 54.7 Å². The minimum atomic E-state index is -0.0811. The Morgan fingerprint density at radius 2 is 1.66 bits per heavy atom. The van der Waals surface area contributed by atoms with Gasteiger partial charge in [0.15, 0.2) is 5.78 Å². The van der Waals surface area contributed by atoms with Gasteiger partial charge in [-0.3, -0.25) is 19.5 Å². The number of ketones is 1. The predicted octanol–water partition coefficient (Wildman–Crippen LogP) is 5.87. The zero-order valence-corrected chi connectivity index (χ0v) is 20.4. The van der Waals surface area contributed by atoms with Crippen LogP contribution < -0.4 is 5.32 Å². The van der Waals surface area contributed by atoms with Gasteiger partial charge in [-0.05, 0) is 81.3 Å². The molecule has 1 amide bonds. The Morgan fingerprint density at radius 1 is 0.943 bits per heavy atom. The summed E-state index contributed by atoms with van der Waals surface area (Å²) in [6, 6.07) is 17.6. The minimum absolute atomic E-state index is 0.0659. The topological polar surface area (TPSA) is 62.3 Å². The van der Waals surface area contributed by atoms with E-state index in [0.29, 0.717) is 5.56 Å². The molecule has 2 heterocycles. The van der Waals surface area contributed by atoms with Gasteiger partial charge < -0.3 is 5.32 Å². The molecule has 5 nitrogen and oxygen atoms in total. The number of nitrogens with one attached hydrogen (secondary N) is 1. The lowest BCUT2D eigenvalue weighted by Crippen LogP contribution is -2.38. The second-order valence-electron chi connectivity index (χ2n) is 9.79. The molecule has 1 aliphatic carbocycles. The highest BCUT2D eigenvalue weighted by Crippen LogP contribution is 2.31. The molecule has 1 saturated heterocycles. The summed E-state index contributed by atoms with van der Waals surface area (Å²) in [6.07, 6.45) is 9.75. The van der Waals surface area contributed by atoms with E-state index in [1.165, 1.54) is 17.5 Å². The second-order valence-corrected chi connectivity index (χ2v) is 9.79. The Kier molecular flexibility index (Phi) is 7.05. The molecule has 0 saturated carbocycles. The van der Waals surface area contributed by atoms with Gasteiger partial charge in [-0.15, -0.1) is 0 Å². The molecule has 5 heteroatoms. The predicted molar refractivity (Wildman–Crippen MR) is 139 cm³/mol. The van der Waals surface area contributed by atoms with Crippen molar-refractivity contribution in [2.24, 2.45) is 5.92 Å². The number of pyridine rings is 1. The largest absolute Gasteiger partial charge is 0.320 e. The first-order valence-corrected chi connectivity index (χ1v) is 12.8. The summed E-state index contributed by atoms with van der Waals surface area (Å²) in [6.45, 7) is 3.85. The number of hydrogen-bond acceptors (Lipinski definition) is 4. The summed E-state index contributed by atoms with van der Waals surface area (Å²) in [4.78, 5) is 33.1. The number of aryl methyl sites for hydroxylation is 1. The average molecular weight is 468 g/mol. The van der Waals surface area contributed by atoms with E-state index in [-0.39, 0.29) is 23.7 Å². The zero-order chi connectivity index (χ0) is 24.2. The number of aromatic nitrogens is 1. The molecule has 180 valence electrons. The van der Waals surface area contributed by atoms with Gasteiger partial charge in [-0.2, -0.15) is 0 Å². The van der Waals surface area contributed by atoms with Crippen molar-refractivity contribution in [3.8, 4) is 0 Å². The van der Waals surface area contributed by atoms with Crippen LogP contribution in [0.25, 0.3) is 0 Å². The number of anilines is 1. The van der Waals surface area contributed by atoms with Crippen molar-refractivity contribution in [3.63, 3.8) is 0 Å². The third kappa shape index (κ3) is 5.06. The Hall–Kier alpha value is -3.31. The number of piperidine rings is 1. The first-order valence-electron chi connectivity index (χ1n) is 12.8. The van der Waals surface area contributed by atoms with E-state index < -0.39 is 0 Å². The Balaban J connectivity index is 1.28. The lowest BCUT2D eigenvalue weighted by Gasteiger charge is -2.36. The van der Waals surface area contributed by atoms with Crippen molar-refractivity contribution < 1.29 is 9.59 Å². The maximum Gasteiger partial charge on any atom is 0.256 e. The molecule has 0 radical (unpaired) electrons. The maximum absolute atomic E-state index is 13.4. The van der Waals surface area contributed by atoms with Crippen LogP contribution in [0.5, 0.6) is 0 Å². The summed E-state index contributed by atoms with van der Waals surface area (Å²) in [5.41, 5.74) is 5.86. The number of benzene rings is 2. The average Bonchev–Trinajstić information content (AvgIpc) is 2.93. The Morgan fingerprint density at radius 3 is 2.46 bits per heavy atom. The zero-order valence-electron chi connectivity index (χ0n) is 20.4. The van der Waals surface area contributed by atoms with Gasteiger partial charge in [0.05, 0.1) is 11.9 Å². The Bertz CT molecular complexity index is 1200. The lowest BCUT2D eigenvalue weighted by atomic mass is 9.87. The van der Waals surface area contributed by atoms with Crippen LogP contribution in [0.2, 0.25) is 0 Å². The number of carbonyl (C=O) groups is 2. The fourth-order valence-corrected chi connectivity index (χ4v) is 5.61. The van der Waals surface area contributed by atoms with Crippen LogP contribution in [0.15, 0.2) is 67.0 Å². The molecule has 1 aliphatic heterocycles. The highest BCUT2D eigenvalue weighted by molar-refractivity contribution is 6.05. The van der Waals surface area contributed by atoms with Crippen LogP contribution >= 0.6 is 0 Å². The SMILES string of the molecule is CC(c1ccccc1C(=O)Nc1cncc2c1CCCC2)N1CCC(C(=O)c2ccccc2)CC1. The molecule has 0 bridgehead atoms. The molecule has 2 aromatic carbocycles. The van der Waals surface area contributed by atoms with Crippen LogP contribution in [0.1, 0.15) is 76.1 Å². The van der Waals surface area contributed by atoms with Gasteiger partial charge in [0.1, 0.15) is 0 Å². The van der Waals surface area contributed by atoms with Crippen molar-refractivity contribution in [2.45, 2.75) is 51.5 Å². The van der Waals surface area contributed by atoms with Crippen molar-refractivity contribution in [3.05, 3.63) is 94.8 Å². The van der Waals surface area contributed by atoms with E-state index in [0.717, 1.165) is 62.0 Å². The quantitative estimate of drug-likeness (QED) is 0.461. The lowest BCUT2D eigenvalue weighted by molar-refractivity contribution is 0.0801. The number of hydrogen-bond donors (Lipinski definition) is 1. The number of Topliss-reactive ketones (excluding diaryl/α,β-unsaturated/α-hetero) is 1. The van der Waals surface area contributed by atoms with Gasteiger partial charge in [-0.1, -0.05) is 48.5 Å². The van der Waals surface area contributed by atoms with Crippen molar-refractivity contribution in [1.29, 1.82) is 0 Å². The van der Waals surface area contributed by atoms with Crippen LogP contribution in [0.3, 0.4) is 0 Å². The van der Waals surface area contributed by atoms with E-state index in [2.05, 4.69) is 28.2 Å². The highest BCUT2D eigenvalue weighted by atomic mass is 16.1. The monoisotopic (exact) mass is 467 g/mol. The smallest absolute Gasteiger partial charge is 0.256 e. The normalized spacial score (nSPS) is 17.4. The van der Waals surface area contributed by atoms with E-state index in [9.17, 15) is 9.59 Å². The molecule has 0 spiro atoms. The van der Waals surface area contributed by atoms with Gasteiger partial charge in [-0.25, -0.2) is 0 Å². The van der Waals surface area contributed by atoms with E-state index >= 15 is 0 Å². The maximum atomic E-state index is 13.4. The highest BCUT2D eigenvalue weighted by Gasteiger charge is 2.29. The summed E-state index contributed by atoms with van der Waals surface area (Å²) in [5, 5.41) is 3.16. The molecule has 1 unspecified atom stereocenters. The molecule has 1 fully saturated rings. The summed E-state index contributed by atoms with van der Waals surface area (Å²) >= 11 is 0. The second kappa shape index (κ2) is 10.5. The number of rotatable bonds is 6. The number of fused-ring (bicyclic) bond motifs is 1. The molecule has 1 aromatic heterocycles. The molecular formula is C30H33N3O2. The number of carbonyl (C=O) groups excluding carboxylic acids is 2. The Labute approximate surface area is 207 Å². The van der Waals surface area contributed by atoms with E-state index in [4.69, 9.17) is 0 Å². The third-order valence-corrected chi connectivity index (χ3v) is 7.68. The van der Waals surface area contributed by atoms with Crippen LogP contribution in [-0.4, -0.2) is 34.7 Å². The standard InChI is InChI=1S/C30H33N3O2/c1-21(33-17-15-23(16-18-33)29(34)22-9-3-2-4-10-22)25-12-7-8-14-27(25)30(35)32-28-20-31-19-24-11-5-6-13-26(24)28/h2-4,7-10,12,14,19-21,23H,5-6,11,13,15-18H2,1H3,(H,32,35). The summed E-state index contributed by atoms with van der Waals surface area (Å²) < 4.78 is 0. The molecule has 5 rings (SSSR count). The number of nitrogens with zero attached hydrogens (tertiary/aromatic N) is 2. The molecule has 1 atom stereocenters. The van der Waals surface area contributed by atoms with Gasteiger partial charge in [0, 0.05) is 29.3 Å². The van der Waals surface area contributed by atoms with Gasteiger partial charge >= 0.3 is 0 Å². The first kappa shape index (κ1) is 23.4. The van der Waals surface area contributed by atoms with Gasteiger partial charge in [0.25, 0.3) is 5.91 Å². The third-order valence-electron chi connectivity index (χ3n) is 7.68. The van der Waals surface area contributed by atoms with Crippen molar-refractivity contribution in [2.75, 3.05) is 18.4 Å². The fourth-order valence-electron chi connectivity index (χ4n) is 5.61. The fraction of sp³-hybridized carbons (Fsp3) is 0.367. The molecule has 2 aliphatic rings. The molecule has 35 heavy (non-hydrogen) atoms. The van der Waals surface area contributed by atoms with Gasteiger partial charge in [0.2, 0.25) is 0 Å². The summed E-state index contributed by atoms with van der Waals surface area (Å²) in [5.74, 6) is 0.232. The van der Waals surface area contributed by atoms with Crippen molar-refractivity contribution >= 4 is 17.4 Å². The van der Waals surface area contributed by atoms with Crippen LogP contribution in [0, 0.1) is 5.92 Å². The number of likely N-dealkylation sites (tertiary alicyclic amines) is 1. The van der Waals surface area contributed by atoms with Crippen molar-refractivity contribution in [1.82, 2.24) is 9.88 Å². The van der Waals surface area contributed by atoms with Crippen LogP contribution in [-0.2, 0) is 12.8 Å². The number of amides is 1.